The van der Waals surface area contributed by atoms with Crippen LogP contribution in [0.2, 0.25) is 0 Å². The zero-order valence-corrected chi connectivity index (χ0v) is 6.04. The minimum atomic E-state index is -2.49. The van der Waals surface area contributed by atoms with Crippen LogP contribution in [0.1, 0.15) is 5.56 Å². The summed E-state index contributed by atoms with van der Waals surface area (Å²) in [6.45, 7) is -0.536. The Morgan fingerprint density at radius 3 is 2.83 bits per heavy atom. The van der Waals surface area contributed by atoms with Gasteiger partial charge in [-0.05, 0) is 0 Å². The normalized spacial score (nSPS) is 10.2. The first kappa shape index (κ1) is 8.46. The predicted molar refractivity (Wildman–Crippen MR) is 37.4 cm³/mol. The molecule has 0 spiro atoms. The van der Waals surface area contributed by atoms with Crippen LogP contribution >= 0.6 is 0 Å². The van der Waals surface area contributed by atoms with E-state index in [0.29, 0.717) is 0 Å². The van der Waals surface area contributed by atoms with Crippen molar-refractivity contribution in [2.24, 2.45) is 0 Å². The summed E-state index contributed by atoms with van der Waals surface area (Å²) in [5, 5.41) is 11.9. The molecule has 0 saturated carbocycles. The van der Waals surface area contributed by atoms with E-state index in [2.05, 4.69) is 5.10 Å². The van der Waals surface area contributed by atoms with Crippen LogP contribution in [0.3, 0.4) is 0 Å². The molecule has 1 aromatic heterocycles. The molecule has 64 valence electrons. The summed E-state index contributed by atoms with van der Waals surface area (Å²) in [5.41, 5.74) is 5.35. The van der Waals surface area contributed by atoms with Crippen molar-refractivity contribution in [3.8, 4) is 6.07 Å². The van der Waals surface area contributed by atoms with Crippen LogP contribution in [0.5, 0.6) is 0 Å². The first-order chi connectivity index (χ1) is 5.63. The summed E-state index contributed by atoms with van der Waals surface area (Å²) < 4.78 is 24.5. The maximum absolute atomic E-state index is 11.8. The molecule has 0 aromatic carbocycles. The molecule has 0 fully saturated rings. The van der Waals surface area contributed by atoms with Gasteiger partial charge in [0.05, 0.1) is 0 Å². The van der Waals surface area contributed by atoms with E-state index in [-0.39, 0.29) is 11.4 Å². The van der Waals surface area contributed by atoms with Crippen molar-refractivity contribution in [2.45, 2.75) is 13.0 Å². The highest BCUT2D eigenvalue weighted by Gasteiger charge is 2.08. The Morgan fingerprint density at radius 1 is 1.75 bits per heavy atom. The van der Waals surface area contributed by atoms with Gasteiger partial charge in [-0.25, -0.2) is 8.78 Å². The molecule has 6 heteroatoms. The fraction of sp³-hybridized carbons (Fsp3) is 0.333. The Balaban J connectivity index is 2.84. The maximum atomic E-state index is 11.8. The van der Waals surface area contributed by atoms with Crippen LogP contribution in [0.4, 0.5) is 14.6 Å². The van der Waals surface area contributed by atoms with E-state index in [1.165, 1.54) is 6.20 Å². The van der Waals surface area contributed by atoms with Crippen LogP contribution < -0.4 is 5.73 Å². The number of hydrogen-bond donors (Lipinski definition) is 1. The molecular weight excluding hydrogens is 166 g/mol. The Kier molecular flexibility index (Phi) is 2.24. The lowest BCUT2D eigenvalue weighted by Crippen LogP contribution is -2.07. The zero-order valence-electron chi connectivity index (χ0n) is 6.04. The molecule has 0 radical (unpaired) electrons. The highest BCUT2D eigenvalue weighted by atomic mass is 19.3. The summed E-state index contributed by atoms with van der Waals surface area (Å²) in [5.74, 6) is -0.0156. The third-order valence-electron chi connectivity index (χ3n) is 1.24. The number of hydrogen-bond acceptors (Lipinski definition) is 3. The molecule has 12 heavy (non-hydrogen) atoms. The van der Waals surface area contributed by atoms with Gasteiger partial charge in [-0.2, -0.15) is 10.4 Å². The van der Waals surface area contributed by atoms with Crippen LogP contribution in [0.25, 0.3) is 0 Å². The Bertz CT molecular complexity index is 312. The smallest absolute Gasteiger partial charge is 0.257 e. The monoisotopic (exact) mass is 172 g/mol. The molecule has 4 nitrogen and oxygen atoms in total. The molecule has 1 rings (SSSR count). The second-order valence-corrected chi connectivity index (χ2v) is 2.15. The SMILES string of the molecule is N#Cc1cn(CC(F)F)nc1N. The molecule has 2 N–H and O–H groups in total. The number of nitriles is 1. The molecule has 0 aliphatic carbocycles. The molecule has 0 aliphatic heterocycles. The summed E-state index contributed by atoms with van der Waals surface area (Å²) in [7, 11) is 0. The quantitative estimate of drug-likeness (QED) is 0.710. The Morgan fingerprint density at radius 2 is 2.42 bits per heavy atom. The number of alkyl halides is 2. The maximum Gasteiger partial charge on any atom is 0.257 e. The van der Waals surface area contributed by atoms with E-state index >= 15 is 0 Å². The average Bonchev–Trinajstić information content (AvgIpc) is 2.29. The Hall–Kier alpha value is -1.64. The molecule has 0 saturated heterocycles. The highest BCUT2D eigenvalue weighted by molar-refractivity contribution is 5.46. The predicted octanol–water partition coefficient (Wildman–Crippen LogP) is 0.602. The molecule has 0 aliphatic rings. The molecule has 0 bridgehead atoms. The van der Waals surface area contributed by atoms with Gasteiger partial charge >= 0.3 is 0 Å². The van der Waals surface area contributed by atoms with Crippen LogP contribution in [-0.2, 0) is 6.54 Å². The van der Waals surface area contributed by atoms with Crippen molar-refractivity contribution >= 4 is 5.82 Å². The van der Waals surface area contributed by atoms with E-state index in [1.807, 2.05) is 0 Å². The molecule has 1 aromatic rings. The molecule has 0 atom stereocenters. The number of nitrogens with zero attached hydrogens (tertiary/aromatic N) is 3. The minimum Gasteiger partial charge on any atom is -0.381 e. The van der Waals surface area contributed by atoms with E-state index < -0.39 is 13.0 Å². The second-order valence-electron chi connectivity index (χ2n) is 2.15. The first-order valence-electron chi connectivity index (χ1n) is 3.14. The number of nitrogen functional groups attached to an aromatic ring is 1. The number of anilines is 1. The summed E-state index contributed by atoms with van der Waals surface area (Å²) in [4.78, 5) is 0. The number of rotatable bonds is 2. The van der Waals surface area contributed by atoms with Crippen LogP contribution in [0.15, 0.2) is 6.20 Å². The topological polar surface area (TPSA) is 67.6 Å². The van der Waals surface area contributed by atoms with Gasteiger partial charge in [0.15, 0.2) is 5.82 Å². The van der Waals surface area contributed by atoms with Gasteiger partial charge in [-0.1, -0.05) is 0 Å². The molecular formula is C6H6F2N4. The third kappa shape index (κ3) is 1.69. The summed E-state index contributed by atoms with van der Waals surface area (Å²) in [6.07, 6.45) is -1.29. The minimum absolute atomic E-state index is 0.0156. The number of halogens is 2. The lowest BCUT2D eigenvalue weighted by Gasteiger charge is -1.96. The number of aromatic nitrogens is 2. The summed E-state index contributed by atoms with van der Waals surface area (Å²) in [6, 6.07) is 1.74. The molecule has 1 heterocycles. The fourth-order valence-corrected chi connectivity index (χ4v) is 0.757. The summed E-state index contributed by atoms with van der Waals surface area (Å²) >= 11 is 0. The van der Waals surface area contributed by atoms with Crippen molar-refractivity contribution in [3.05, 3.63) is 11.8 Å². The van der Waals surface area contributed by atoms with Gasteiger partial charge in [0.2, 0.25) is 0 Å². The fourth-order valence-electron chi connectivity index (χ4n) is 0.757. The van der Waals surface area contributed by atoms with Crippen molar-refractivity contribution in [2.75, 3.05) is 5.73 Å². The van der Waals surface area contributed by atoms with Gasteiger partial charge in [-0.15, -0.1) is 0 Å². The van der Waals surface area contributed by atoms with Gasteiger partial charge in [0.1, 0.15) is 18.2 Å². The lowest BCUT2D eigenvalue weighted by atomic mass is 10.4. The van der Waals surface area contributed by atoms with E-state index in [9.17, 15) is 8.78 Å². The van der Waals surface area contributed by atoms with Crippen molar-refractivity contribution in [1.82, 2.24) is 9.78 Å². The zero-order chi connectivity index (χ0) is 9.14. The third-order valence-corrected chi connectivity index (χ3v) is 1.24. The van der Waals surface area contributed by atoms with Crippen LogP contribution in [0, 0.1) is 11.3 Å². The molecule has 0 unspecified atom stereocenters. The highest BCUT2D eigenvalue weighted by Crippen LogP contribution is 2.08. The largest absolute Gasteiger partial charge is 0.381 e. The van der Waals surface area contributed by atoms with Gasteiger partial charge in [-0.3, -0.25) is 4.68 Å². The van der Waals surface area contributed by atoms with Gasteiger partial charge in [0.25, 0.3) is 6.43 Å². The van der Waals surface area contributed by atoms with E-state index in [0.717, 1.165) is 4.68 Å². The van der Waals surface area contributed by atoms with Crippen LogP contribution in [-0.4, -0.2) is 16.2 Å². The Labute approximate surface area is 67.2 Å². The molecule has 0 amide bonds. The number of nitrogens with two attached hydrogens (primary N) is 1. The van der Waals surface area contributed by atoms with E-state index in [1.54, 1.807) is 6.07 Å². The van der Waals surface area contributed by atoms with Gasteiger partial charge < -0.3 is 5.73 Å². The van der Waals surface area contributed by atoms with Gasteiger partial charge in [0, 0.05) is 6.20 Å². The second kappa shape index (κ2) is 3.17. The van der Waals surface area contributed by atoms with E-state index in [4.69, 9.17) is 11.0 Å². The van der Waals surface area contributed by atoms with Crippen molar-refractivity contribution < 1.29 is 8.78 Å². The average molecular weight is 172 g/mol. The lowest BCUT2D eigenvalue weighted by molar-refractivity contribution is 0.122. The standard InChI is InChI=1S/C6H6F2N4/c7-5(8)3-12-2-4(1-9)6(10)11-12/h2,5H,3H2,(H2,10,11). The first-order valence-corrected chi connectivity index (χ1v) is 3.14. The van der Waals surface area contributed by atoms with Crippen molar-refractivity contribution in [1.29, 1.82) is 5.26 Å². The van der Waals surface area contributed by atoms with Crippen molar-refractivity contribution in [3.63, 3.8) is 0 Å².